The molecule has 5 heteroatoms. The van der Waals surface area contributed by atoms with E-state index >= 15 is 0 Å². The largest absolute Gasteiger partial charge is 0.378 e. The second kappa shape index (κ2) is 6.79. The number of fused-ring (bicyclic) bond motifs is 2. The molecule has 2 aliphatic heterocycles. The average Bonchev–Trinajstić information content (AvgIpc) is 2.62. The number of Topliss-reactive ketones (excluding diaryl/α,β-unsaturated/α-hetero) is 1. The van der Waals surface area contributed by atoms with Crippen molar-refractivity contribution in [3.63, 3.8) is 0 Å². The van der Waals surface area contributed by atoms with Crippen LogP contribution < -0.4 is 0 Å². The Morgan fingerprint density at radius 2 is 1.88 bits per heavy atom. The first kappa shape index (κ1) is 15.4. The number of carbonyl (C=O) groups is 1. The van der Waals surface area contributed by atoms with Crippen LogP contribution in [-0.4, -0.2) is 45.9 Å². The van der Waals surface area contributed by atoms with E-state index in [1.807, 2.05) is 6.07 Å². The van der Waals surface area contributed by atoms with E-state index in [2.05, 4.69) is 39.1 Å². The van der Waals surface area contributed by atoms with Crippen molar-refractivity contribution >= 4 is 5.78 Å². The number of ether oxygens (including phenoxy) is 1. The van der Waals surface area contributed by atoms with Crippen molar-refractivity contribution in [2.75, 3.05) is 13.2 Å². The summed E-state index contributed by atoms with van der Waals surface area (Å²) in [6.07, 6.45) is 6.42. The molecule has 24 heavy (non-hydrogen) atoms. The molecule has 0 aliphatic carbocycles. The van der Waals surface area contributed by atoms with Gasteiger partial charge >= 0.3 is 0 Å². The van der Waals surface area contributed by atoms with Crippen LogP contribution in [0.4, 0.5) is 0 Å². The van der Waals surface area contributed by atoms with Gasteiger partial charge in [-0.2, -0.15) is 0 Å². The van der Waals surface area contributed by atoms with Crippen molar-refractivity contribution in [1.29, 1.82) is 0 Å². The summed E-state index contributed by atoms with van der Waals surface area (Å²) < 4.78 is 5.76. The minimum absolute atomic E-state index is 0.0209. The molecule has 4 rings (SSSR count). The molecule has 2 bridgehead atoms. The topological polar surface area (TPSA) is 55.3 Å². The molecule has 1 aromatic heterocycles. The third-order valence-electron chi connectivity index (χ3n) is 5.07. The highest BCUT2D eigenvalue weighted by molar-refractivity contribution is 5.95. The van der Waals surface area contributed by atoms with E-state index in [-0.39, 0.29) is 11.7 Å². The first-order valence-electron chi connectivity index (χ1n) is 8.49. The Labute approximate surface area is 141 Å². The molecule has 2 aromatic rings. The molecule has 2 atom stereocenters. The molecule has 3 heterocycles. The van der Waals surface area contributed by atoms with Gasteiger partial charge in [-0.3, -0.25) is 14.7 Å². The Hall–Kier alpha value is -2.11. The summed E-state index contributed by atoms with van der Waals surface area (Å²) >= 11 is 0. The van der Waals surface area contributed by atoms with Crippen LogP contribution in [0.25, 0.3) is 0 Å². The second-order valence-electron chi connectivity index (χ2n) is 6.63. The number of hydrogen-bond acceptors (Lipinski definition) is 5. The van der Waals surface area contributed by atoms with Crippen LogP contribution in [0.15, 0.2) is 48.9 Å². The maximum Gasteiger partial charge on any atom is 0.185 e. The van der Waals surface area contributed by atoms with Gasteiger partial charge in [0.05, 0.1) is 19.4 Å². The highest BCUT2D eigenvalue weighted by Gasteiger charge is 2.41. The van der Waals surface area contributed by atoms with Crippen LogP contribution >= 0.6 is 0 Å². The van der Waals surface area contributed by atoms with Crippen molar-refractivity contribution in [3.05, 3.63) is 60.2 Å². The fourth-order valence-electron chi connectivity index (χ4n) is 3.89. The summed E-state index contributed by atoms with van der Waals surface area (Å²) in [6, 6.07) is 11.1. The normalized spacial score (nSPS) is 26.9. The van der Waals surface area contributed by atoms with Crippen molar-refractivity contribution in [3.8, 4) is 0 Å². The molecule has 0 N–H and O–H groups in total. The molecule has 5 nitrogen and oxygen atoms in total. The predicted octanol–water partition coefficient (Wildman–Crippen LogP) is 2.34. The fraction of sp³-hybridized carbons (Fsp3) is 0.421. The summed E-state index contributed by atoms with van der Waals surface area (Å²) in [5, 5.41) is 0. The van der Waals surface area contributed by atoms with Crippen LogP contribution in [-0.2, 0) is 11.3 Å². The van der Waals surface area contributed by atoms with E-state index in [1.165, 1.54) is 5.56 Å². The number of carbonyl (C=O) groups excluding carboxylic acids is 1. The maximum atomic E-state index is 12.7. The number of rotatable bonds is 4. The molecule has 1 aromatic carbocycles. The quantitative estimate of drug-likeness (QED) is 0.808. The third-order valence-corrected chi connectivity index (χ3v) is 5.07. The molecule has 2 aliphatic rings. The van der Waals surface area contributed by atoms with Gasteiger partial charge in [-0.1, -0.05) is 30.3 Å². The van der Waals surface area contributed by atoms with E-state index in [9.17, 15) is 4.79 Å². The smallest absolute Gasteiger partial charge is 0.185 e. The van der Waals surface area contributed by atoms with Gasteiger partial charge < -0.3 is 4.74 Å². The number of hydrogen-bond donors (Lipinski definition) is 0. The predicted molar refractivity (Wildman–Crippen MR) is 89.5 cm³/mol. The standard InChI is InChI=1S/C19H21N3O2/c23-19(18-10-20-6-7-21-18)15-8-16-12-24-13-17(9-15)22(16)11-14-4-2-1-3-5-14/h1-7,10,15-17H,8-9,11-13H2. The summed E-state index contributed by atoms with van der Waals surface area (Å²) in [6.45, 7) is 2.33. The van der Waals surface area contributed by atoms with Gasteiger partial charge in [-0.25, -0.2) is 4.98 Å². The molecule has 0 saturated carbocycles. The Bertz CT molecular complexity index is 678. The van der Waals surface area contributed by atoms with Gasteiger partial charge in [-0.15, -0.1) is 0 Å². The zero-order chi connectivity index (χ0) is 16.4. The number of ketones is 1. The molecule has 0 spiro atoms. The van der Waals surface area contributed by atoms with Crippen LogP contribution in [0, 0.1) is 5.92 Å². The molecular weight excluding hydrogens is 302 g/mol. The second-order valence-corrected chi connectivity index (χ2v) is 6.63. The lowest BCUT2D eigenvalue weighted by Crippen LogP contribution is -2.57. The summed E-state index contributed by atoms with van der Waals surface area (Å²) in [4.78, 5) is 23.4. The van der Waals surface area contributed by atoms with Gasteiger partial charge in [0.15, 0.2) is 5.78 Å². The third kappa shape index (κ3) is 3.09. The van der Waals surface area contributed by atoms with Crippen molar-refractivity contribution < 1.29 is 9.53 Å². The van der Waals surface area contributed by atoms with E-state index in [1.54, 1.807) is 18.6 Å². The molecule has 124 valence electrons. The lowest BCUT2D eigenvalue weighted by molar-refractivity contribution is -0.0873. The molecule has 2 saturated heterocycles. The zero-order valence-corrected chi connectivity index (χ0v) is 13.5. The average molecular weight is 323 g/mol. The lowest BCUT2D eigenvalue weighted by atomic mass is 9.81. The fourth-order valence-corrected chi connectivity index (χ4v) is 3.89. The lowest BCUT2D eigenvalue weighted by Gasteiger charge is -2.48. The summed E-state index contributed by atoms with van der Waals surface area (Å²) in [5.41, 5.74) is 1.80. The van der Waals surface area contributed by atoms with Crippen LogP contribution in [0.3, 0.4) is 0 Å². The molecule has 2 unspecified atom stereocenters. The van der Waals surface area contributed by atoms with Crippen LogP contribution in [0.1, 0.15) is 28.9 Å². The van der Waals surface area contributed by atoms with Crippen molar-refractivity contribution in [2.24, 2.45) is 5.92 Å². The number of piperidine rings is 1. The van der Waals surface area contributed by atoms with E-state index in [0.717, 1.165) is 19.4 Å². The molecule has 2 fully saturated rings. The Morgan fingerprint density at radius 3 is 2.54 bits per heavy atom. The summed E-state index contributed by atoms with van der Waals surface area (Å²) in [7, 11) is 0. The van der Waals surface area contributed by atoms with Gasteiger partial charge in [-0.05, 0) is 18.4 Å². The van der Waals surface area contributed by atoms with Crippen LogP contribution in [0.5, 0.6) is 0 Å². The zero-order valence-electron chi connectivity index (χ0n) is 13.5. The number of nitrogens with zero attached hydrogens (tertiary/aromatic N) is 3. The van der Waals surface area contributed by atoms with E-state index in [0.29, 0.717) is 31.0 Å². The Kier molecular flexibility index (Phi) is 4.36. The number of benzene rings is 1. The van der Waals surface area contributed by atoms with Gasteiger partial charge in [0.25, 0.3) is 0 Å². The van der Waals surface area contributed by atoms with Crippen molar-refractivity contribution in [1.82, 2.24) is 14.9 Å². The van der Waals surface area contributed by atoms with Gasteiger partial charge in [0, 0.05) is 36.9 Å². The Balaban J connectivity index is 1.49. The Morgan fingerprint density at radius 1 is 1.12 bits per heavy atom. The number of aromatic nitrogens is 2. The summed E-state index contributed by atoms with van der Waals surface area (Å²) in [5.74, 6) is 0.145. The SMILES string of the molecule is O=C(c1cnccn1)C1CC2COCC(C1)N2Cc1ccccc1. The first-order valence-corrected chi connectivity index (χ1v) is 8.49. The van der Waals surface area contributed by atoms with Crippen LogP contribution in [0.2, 0.25) is 0 Å². The van der Waals surface area contributed by atoms with Gasteiger partial charge in [0.2, 0.25) is 0 Å². The monoisotopic (exact) mass is 323 g/mol. The highest BCUT2D eigenvalue weighted by atomic mass is 16.5. The first-order chi connectivity index (χ1) is 11.8. The minimum Gasteiger partial charge on any atom is -0.378 e. The van der Waals surface area contributed by atoms with Crippen molar-refractivity contribution in [2.45, 2.75) is 31.5 Å². The highest BCUT2D eigenvalue weighted by Crippen LogP contribution is 2.34. The van der Waals surface area contributed by atoms with Gasteiger partial charge in [0.1, 0.15) is 5.69 Å². The molecule has 0 radical (unpaired) electrons. The molecular formula is C19H21N3O2. The number of morpholine rings is 1. The van der Waals surface area contributed by atoms with E-state index < -0.39 is 0 Å². The molecule has 0 amide bonds. The van der Waals surface area contributed by atoms with E-state index in [4.69, 9.17) is 4.74 Å². The minimum atomic E-state index is 0.0209. The maximum absolute atomic E-state index is 12.7.